The summed E-state index contributed by atoms with van der Waals surface area (Å²) >= 11 is 0. The largest absolute Gasteiger partial charge is 0.388 e. The van der Waals surface area contributed by atoms with E-state index >= 15 is 0 Å². The van der Waals surface area contributed by atoms with Gasteiger partial charge >= 0.3 is 0 Å². The van der Waals surface area contributed by atoms with Gasteiger partial charge in [0.15, 0.2) is 0 Å². The Morgan fingerprint density at radius 3 is 1.29 bits per heavy atom. The first-order chi connectivity index (χ1) is 2.56. The first-order valence-electron chi connectivity index (χ1n) is 1.34. The topological polar surface area (TPSA) is 80.9 Å². The van der Waals surface area contributed by atoms with Crippen molar-refractivity contribution < 1.29 is 46.6 Å². The van der Waals surface area contributed by atoms with Gasteiger partial charge in [0.1, 0.15) is 6.61 Å². The van der Waals surface area contributed by atoms with Crippen LogP contribution >= 0.6 is 0 Å². The van der Waals surface area contributed by atoms with Crippen LogP contribution < -0.4 is 0 Å². The normalized spacial score (nSPS) is 10.3. The molecule has 4 nitrogen and oxygen atoms in total. The maximum Gasteiger partial charge on any atom is 0.299 e. The molecule has 4 N–H and O–H groups in total. The van der Waals surface area contributed by atoms with Crippen molar-refractivity contribution in [2.45, 2.75) is 5.97 Å². The van der Waals surface area contributed by atoms with E-state index in [1.807, 2.05) is 0 Å². The minimum Gasteiger partial charge on any atom is -0.388 e. The maximum absolute atomic E-state index is 7.69. The van der Waals surface area contributed by atoms with Gasteiger partial charge in [-0.1, -0.05) is 0 Å². The summed E-state index contributed by atoms with van der Waals surface area (Å²) < 4.78 is 0. The van der Waals surface area contributed by atoms with Gasteiger partial charge in [-0.3, -0.25) is 0 Å². The van der Waals surface area contributed by atoms with Crippen molar-refractivity contribution in [3.05, 3.63) is 0 Å². The smallest absolute Gasteiger partial charge is 0.299 e. The van der Waals surface area contributed by atoms with E-state index in [4.69, 9.17) is 20.4 Å². The molecule has 0 spiro atoms. The molecule has 0 aliphatic heterocycles. The molecule has 0 saturated carbocycles. The fourth-order valence-corrected chi connectivity index (χ4v) is 0. The van der Waals surface area contributed by atoms with Crippen LogP contribution in [0, 0.1) is 0 Å². The molecule has 0 aromatic rings. The molecule has 0 aliphatic rings. The molecule has 0 saturated heterocycles. The van der Waals surface area contributed by atoms with Crippen LogP contribution in [0.3, 0.4) is 0 Å². The van der Waals surface area contributed by atoms with E-state index in [-0.39, 0.29) is 26.2 Å². The summed E-state index contributed by atoms with van der Waals surface area (Å²) in [4.78, 5) is 0. The van der Waals surface area contributed by atoms with Gasteiger partial charge in [-0.15, -0.1) is 0 Å². The van der Waals surface area contributed by atoms with Crippen molar-refractivity contribution in [1.29, 1.82) is 0 Å². The van der Waals surface area contributed by atoms with Crippen LogP contribution in [0.15, 0.2) is 0 Å². The molecular formula is C2H6O4Zr. The molecule has 0 aromatic heterocycles. The van der Waals surface area contributed by atoms with E-state index in [2.05, 4.69) is 0 Å². The van der Waals surface area contributed by atoms with Crippen LogP contribution in [0.5, 0.6) is 0 Å². The van der Waals surface area contributed by atoms with Gasteiger partial charge in [-0.25, -0.2) is 0 Å². The zero-order valence-corrected chi connectivity index (χ0v) is 5.95. The van der Waals surface area contributed by atoms with Gasteiger partial charge < -0.3 is 20.4 Å². The predicted octanol–water partition coefficient (Wildman–Crippen LogP) is -2.39. The third-order valence-electron chi connectivity index (χ3n) is 0.212. The minimum absolute atomic E-state index is 0. The Balaban J connectivity index is 0. The van der Waals surface area contributed by atoms with Crippen LogP contribution in [-0.4, -0.2) is 33.0 Å². The van der Waals surface area contributed by atoms with Gasteiger partial charge in [0.25, 0.3) is 5.97 Å². The molecule has 0 aliphatic carbocycles. The molecule has 0 radical (unpaired) electrons. The number of rotatable bonds is 1. The molecule has 0 aromatic carbocycles. The third kappa shape index (κ3) is 10.8. The van der Waals surface area contributed by atoms with Crippen LogP contribution in [0.25, 0.3) is 0 Å². The third-order valence-corrected chi connectivity index (χ3v) is 0.212. The van der Waals surface area contributed by atoms with E-state index in [0.717, 1.165) is 0 Å². The van der Waals surface area contributed by atoms with Crippen LogP contribution in [0.4, 0.5) is 0 Å². The van der Waals surface area contributed by atoms with E-state index in [1.54, 1.807) is 0 Å². The number of aliphatic hydroxyl groups is 4. The fraction of sp³-hybridized carbons (Fsp3) is 1.00. The van der Waals surface area contributed by atoms with Crippen molar-refractivity contribution in [1.82, 2.24) is 0 Å². The molecular weight excluding hydrogens is 179 g/mol. The van der Waals surface area contributed by atoms with Crippen molar-refractivity contribution in [3.63, 3.8) is 0 Å². The van der Waals surface area contributed by atoms with Crippen molar-refractivity contribution in [2.75, 3.05) is 6.61 Å². The first kappa shape index (κ1) is 10.7. The zero-order valence-electron chi connectivity index (χ0n) is 3.50. The molecule has 0 rings (SSSR count). The Morgan fingerprint density at radius 1 is 1.14 bits per heavy atom. The molecule has 0 bridgehead atoms. The zero-order chi connectivity index (χ0) is 5.21. The van der Waals surface area contributed by atoms with E-state index in [9.17, 15) is 0 Å². The summed E-state index contributed by atoms with van der Waals surface area (Å²) in [6.45, 7) is -1.06. The fourth-order valence-electron chi connectivity index (χ4n) is 0. The van der Waals surface area contributed by atoms with Gasteiger partial charge in [-0.05, 0) is 0 Å². The average Bonchev–Trinajstić information content (AvgIpc) is 1.35. The average molecular weight is 185 g/mol. The summed E-state index contributed by atoms with van der Waals surface area (Å²) in [6.07, 6.45) is 0. The van der Waals surface area contributed by atoms with Crippen molar-refractivity contribution in [3.8, 4) is 0 Å². The second kappa shape index (κ2) is 3.69. The Hall–Kier alpha value is 0.723. The Kier molecular flexibility index (Phi) is 5.62. The van der Waals surface area contributed by atoms with Gasteiger partial charge in [0.2, 0.25) is 0 Å². The van der Waals surface area contributed by atoms with E-state index in [0.29, 0.717) is 0 Å². The molecule has 0 heterocycles. The summed E-state index contributed by atoms with van der Waals surface area (Å²) in [5.74, 6) is -2.90. The Bertz CT molecular complexity index is 39.4. The minimum atomic E-state index is -2.90. The summed E-state index contributed by atoms with van der Waals surface area (Å²) in [6, 6.07) is 0. The van der Waals surface area contributed by atoms with Gasteiger partial charge in [0, 0.05) is 26.2 Å². The molecule has 7 heavy (non-hydrogen) atoms. The van der Waals surface area contributed by atoms with Crippen molar-refractivity contribution >= 4 is 0 Å². The Morgan fingerprint density at radius 2 is 1.29 bits per heavy atom. The number of aliphatic hydroxyl groups excluding tert-OH is 1. The Labute approximate surface area is 59.5 Å². The number of hydrogen-bond acceptors (Lipinski definition) is 4. The molecule has 0 amide bonds. The summed E-state index contributed by atoms with van der Waals surface area (Å²) in [5, 5.41) is 30.7. The first-order valence-corrected chi connectivity index (χ1v) is 1.34. The second-order valence-electron chi connectivity index (χ2n) is 0.932. The standard InChI is InChI=1S/C2H6O4.Zr/c3-1-2(4,5)6;/h3-6H,1H2;. The molecule has 0 atom stereocenters. The summed E-state index contributed by atoms with van der Waals surface area (Å²) in [7, 11) is 0. The molecule has 0 unspecified atom stereocenters. The number of hydrogen-bond donors (Lipinski definition) is 4. The summed E-state index contributed by atoms with van der Waals surface area (Å²) in [5.41, 5.74) is 0. The molecule has 0 fully saturated rings. The van der Waals surface area contributed by atoms with Crippen molar-refractivity contribution in [2.24, 2.45) is 0 Å². The van der Waals surface area contributed by atoms with Crippen LogP contribution in [-0.2, 0) is 26.2 Å². The molecule has 42 valence electrons. The second-order valence-corrected chi connectivity index (χ2v) is 0.932. The van der Waals surface area contributed by atoms with Crippen LogP contribution in [0.1, 0.15) is 0 Å². The quantitative estimate of drug-likeness (QED) is 0.344. The molecule has 5 heteroatoms. The van der Waals surface area contributed by atoms with E-state index < -0.39 is 12.6 Å². The van der Waals surface area contributed by atoms with E-state index in [1.165, 1.54) is 0 Å². The SMILES string of the molecule is OCC(O)(O)O.[Zr]. The maximum atomic E-state index is 7.69. The monoisotopic (exact) mass is 184 g/mol. The van der Waals surface area contributed by atoms with Gasteiger partial charge in [-0.2, -0.15) is 0 Å². The predicted molar refractivity (Wildman–Crippen MR) is 16.5 cm³/mol. The van der Waals surface area contributed by atoms with Gasteiger partial charge in [0.05, 0.1) is 0 Å². The van der Waals surface area contributed by atoms with Crippen LogP contribution in [0.2, 0.25) is 0 Å².